The van der Waals surface area contributed by atoms with Crippen molar-refractivity contribution in [3.63, 3.8) is 0 Å². The summed E-state index contributed by atoms with van der Waals surface area (Å²) in [4.78, 5) is 37.3. The number of hydrogen-bond acceptors (Lipinski definition) is 7. The zero-order valence-electron chi connectivity index (χ0n) is 22.5. The summed E-state index contributed by atoms with van der Waals surface area (Å²) in [5.74, 6) is -0.198. The molecule has 0 N–H and O–H groups in total. The van der Waals surface area contributed by atoms with E-state index in [1.807, 2.05) is 19.1 Å². The molecule has 2 fully saturated rings. The van der Waals surface area contributed by atoms with Gasteiger partial charge in [-0.15, -0.1) is 0 Å². The van der Waals surface area contributed by atoms with Gasteiger partial charge in [0.2, 0.25) is 0 Å². The normalized spacial score (nSPS) is 25.6. The highest BCUT2D eigenvalue weighted by Crippen LogP contribution is 2.43. The monoisotopic (exact) mass is 510 g/mol. The van der Waals surface area contributed by atoms with Gasteiger partial charge in [-0.3, -0.25) is 13.9 Å². The number of nitrogens with zero attached hydrogens (tertiary/aromatic N) is 4. The van der Waals surface area contributed by atoms with Crippen LogP contribution < -0.4 is 11.2 Å². The predicted octanol–water partition coefficient (Wildman–Crippen LogP) is 4.76. The first kappa shape index (κ1) is 28.5. The lowest BCUT2D eigenvalue weighted by atomic mass is 10.1. The molecule has 0 amide bonds. The van der Waals surface area contributed by atoms with Crippen LogP contribution in [0, 0.1) is 22.2 Å². The molecule has 1 aliphatic heterocycles. The summed E-state index contributed by atoms with van der Waals surface area (Å²) in [6, 6.07) is 1.46. The highest BCUT2D eigenvalue weighted by atomic mass is 16.7. The molecule has 1 aromatic heterocycles. The molecule has 0 spiro atoms. The maximum absolute atomic E-state index is 13.4. The first-order valence-electron chi connectivity index (χ1n) is 13.0. The summed E-state index contributed by atoms with van der Waals surface area (Å²) < 4.78 is 14.2. The van der Waals surface area contributed by atoms with Gasteiger partial charge in [-0.1, -0.05) is 40.1 Å². The van der Waals surface area contributed by atoms with Gasteiger partial charge in [-0.25, -0.2) is 4.79 Å². The quantitative estimate of drug-likeness (QED) is 0.313. The number of ether oxygens (including phenoxy) is 2. The van der Waals surface area contributed by atoms with Crippen molar-refractivity contribution in [2.45, 2.75) is 97.8 Å². The van der Waals surface area contributed by atoms with Crippen LogP contribution >= 0.6 is 0 Å². The van der Waals surface area contributed by atoms with Crippen LogP contribution in [-0.4, -0.2) is 34.2 Å². The highest BCUT2D eigenvalue weighted by Gasteiger charge is 2.51. The van der Waals surface area contributed by atoms with Crippen LogP contribution in [0.4, 0.5) is 0 Å². The molecule has 2 aliphatic rings. The molecule has 5 atom stereocenters. The Balaban J connectivity index is 1.78. The lowest BCUT2D eigenvalue weighted by molar-refractivity contribution is -0.0708. The average molecular weight is 511 g/mol. The van der Waals surface area contributed by atoms with E-state index in [4.69, 9.17) is 9.47 Å². The maximum atomic E-state index is 13.4. The first-order chi connectivity index (χ1) is 17.7. The summed E-state index contributed by atoms with van der Waals surface area (Å²) in [6.45, 7) is 10.2. The van der Waals surface area contributed by atoms with Gasteiger partial charge in [0, 0.05) is 18.7 Å². The van der Waals surface area contributed by atoms with Crippen LogP contribution in [-0.2, 0) is 16.0 Å². The summed E-state index contributed by atoms with van der Waals surface area (Å²) in [6.07, 6.45) is 10.6. The molecule has 9 nitrogen and oxygen atoms in total. The van der Waals surface area contributed by atoms with Crippen LogP contribution in [0.5, 0.6) is 0 Å². The number of nitriles is 1. The summed E-state index contributed by atoms with van der Waals surface area (Å²) >= 11 is 0. The summed E-state index contributed by atoms with van der Waals surface area (Å²) in [7, 11) is 0. The number of fused-ring (bicyclic) bond motifs is 1. The zero-order valence-corrected chi connectivity index (χ0v) is 22.5. The molecule has 1 saturated heterocycles. The van der Waals surface area contributed by atoms with Gasteiger partial charge < -0.3 is 9.47 Å². The Morgan fingerprint density at radius 2 is 1.73 bits per heavy atom. The van der Waals surface area contributed by atoms with E-state index in [1.54, 1.807) is 6.92 Å². The van der Waals surface area contributed by atoms with Crippen molar-refractivity contribution in [3.8, 4) is 6.07 Å². The molecule has 200 valence electrons. The molecular formula is C28H38N4O5. The Hall–Kier alpha value is -3.09. The van der Waals surface area contributed by atoms with Crippen molar-refractivity contribution in [2.75, 3.05) is 6.54 Å². The molecule has 0 radical (unpaired) electrons. The zero-order chi connectivity index (χ0) is 27.1. The van der Waals surface area contributed by atoms with Gasteiger partial charge in [-0.2, -0.15) is 10.2 Å². The molecular weight excluding hydrogens is 472 g/mol. The van der Waals surface area contributed by atoms with Crippen molar-refractivity contribution in [1.29, 1.82) is 5.26 Å². The van der Waals surface area contributed by atoms with Gasteiger partial charge in [-0.05, 0) is 66.7 Å². The van der Waals surface area contributed by atoms with E-state index >= 15 is 0 Å². The summed E-state index contributed by atoms with van der Waals surface area (Å²) in [5, 5.41) is 12.6. The van der Waals surface area contributed by atoms with Crippen molar-refractivity contribution < 1.29 is 9.47 Å². The van der Waals surface area contributed by atoms with E-state index in [-0.39, 0.29) is 30.7 Å². The van der Waals surface area contributed by atoms with Gasteiger partial charge >= 0.3 is 5.69 Å². The molecule has 2 heterocycles. The maximum Gasteiger partial charge on any atom is 0.331 e. The van der Waals surface area contributed by atoms with Crippen LogP contribution in [0.2, 0.25) is 0 Å². The fourth-order valence-electron chi connectivity index (χ4n) is 5.13. The molecule has 37 heavy (non-hydrogen) atoms. The number of hydrogen-bond donors (Lipinski definition) is 0. The summed E-state index contributed by atoms with van der Waals surface area (Å²) in [5.41, 5.74) is 2.51. The number of nitroso groups, excluding NO2 is 1. The molecule has 0 bridgehead atoms. The van der Waals surface area contributed by atoms with E-state index in [2.05, 4.69) is 38.1 Å². The smallest absolute Gasteiger partial charge is 0.331 e. The van der Waals surface area contributed by atoms with Gasteiger partial charge in [0.25, 0.3) is 5.56 Å². The Bertz CT molecular complexity index is 1230. The highest BCUT2D eigenvalue weighted by molar-refractivity contribution is 5.23. The first-order valence-corrected chi connectivity index (χ1v) is 13.0. The molecule has 1 saturated carbocycles. The molecule has 3 rings (SSSR count). The Kier molecular flexibility index (Phi) is 9.95. The molecule has 9 heteroatoms. The fraction of sp³-hybridized carbons (Fsp3) is 0.607. The minimum Gasteiger partial charge on any atom is -0.347 e. The minimum atomic E-state index is -0.611. The molecule has 0 aromatic carbocycles. The second kappa shape index (κ2) is 12.9. The van der Waals surface area contributed by atoms with E-state index in [9.17, 15) is 19.8 Å². The Labute approximate surface area is 218 Å². The van der Waals surface area contributed by atoms with Crippen LogP contribution in [0.1, 0.15) is 78.3 Å². The molecule has 1 aliphatic carbocycles. The topological polar surface area (TPSA) is 116 Å². The Morgan fingerprint density at radius 3 is 2.38 bits per heavy atom. The Morgan fingerprint density at radius 1 is 1.08 bits per heavy atom. The predicted molar refractivity (Wildman–Crippen MR) is 142 cm³/mol. The van der Waals surface area contributed by atoms with Crippen molar-refractivity contribution in [2.24, 2.45) is 11.1 Å². The third-order valence-corrected chi connectivity index (χ3v) is 7.14. The van der Waals surface area contributed by atoms with Gasteiger partial charge in [0.1, 0.15) is 17.7 Å². The number of rotatable bonds is 11. The molecule has 5 unspecified atom stereocenters. The molecule has 1 aromatic rings. The standard InChI is InChI=1S/C28H38N4O5/c1-18(2)8-6-9-19(3)10-7-11-20(4)12-13-31-27(33)23(15-29)17-32(28(31)34)24-14-22(16-30-35)25-26(24)37-21(5)36-25/h8,10,12,17,21-22,24-26H,6-7,9,11,13-14,16H2,1-5H3/b19-10+,20-12+. The fourth-order valence-corrected chi connectivity index (χ4v) is 5.13. The lowest BCUT2D eigenvalue weighted by Crippen LogP contribution is -2.43. The average Bonchev–Trinajstić information content (AvgIpc) is 3.37. The SMILES string of the molecule is CC(C)=CCC/C(C)=C/CC/C(C)=C/Cn1c(=O)c(C#N)cn(C2CC(CN=O)C3OC(C)OC32)c1=O. The van der Waals surface area contributed by atoms with Crippen molar-refractivity contribution >= 4 is 0 Å². The van der Waals surface area contributed by atoms with Crippen LogP contribution in [0.3, 0.4) is 0 Å². The van der Waals surface area contributed by atoms with E-state index in [1.165, 1.54) is 21.9 Å². The third-order valence-electron chi connectivity index (χ3n) is 7.14. The minimum absolute atomic E-state index is 0.0536. The van der Waals surface area contributed by atoms with Gasteiger partial charge in [0.15, 0.2) is 6.29 Å². The lowest BCUT2D eigenvalue weighted by Gasteiger charge is -2.21. The van der Waals surface area contributed by atoms with Crippen molar-refractivity contribution in [1.82, 2.24) is 9.13 Å². The van der Waals surface area contributed by atoms with Crippen LogP contribution in [0.15, 0.2) is 55.9 Å². The van der Waals surface area contributed by atoms with Crippen LogP contribution in [0.25, 0.3) is 0 Å². The number of aromatic nitrogens is 2. The van der Waals surface area contributed by atoms with E-state index in [0.717, 1.165) is 35.8 Å². The number of allylic oxidation sites excluding steroid dienone is 6. The largest absolute Gasteiger partial charge is 0.347 e. The van der Waals surface area contributed by atoms with E-state index in [0.29, 0.717) is 6.42 Å². The second-order valence-electron chi connectivity index (χ2n) is 10.4. The van der Waals surface area contributed by atoms with E-state index < -0.39 is 29.7 Å². The third kappa shape index (κ3) is 7.02. The second-order valence-corrected chi connectivity index (χ2v) is 10.4. The van der Waals surface area contributed by atoms with Crippen molar-refractivity contribution in [3.05, 3.63) is 72.5 Å². The van der Waals surface area contributed by atoms with Gasteiger partial charge in [0.05, 0.1) is 18.7 Å².